The molecule has 0 fully saturated rings. The summed E-state index contributed by atoms with van der Waals surface area (Å²) in [6.45, 7) is 5.32. The van der Waals surface area contributed by atoms with Crippen molar-refractivity contribution in [1.82, 2.24) is 4.98 Å². The van der Waals surface area contributed by atoms with Gasteiger partial charge in [-0.25, -0.2) is 4.98 Å². The van der Waals surface area contributed by atoms with Crippen LogP contribution >= 0.6 is 0 Å². The van der Waals surface area contributed by atoms with E-state index in [-0.39, 0.29) is 6.04 Å². The molecule has 1 heterocycles. The lowest BCUT2D eigenvalue weighted by Crippen LogP contribution is -2.20. The van der Waals surface area contributed by atoms with E-state index in [9.17, 15) is 0 Å². The Bertz CT molecular complexity index is 306. The van der Waals surface area contributed by atoms with Crippen molar-refractivity contribution in [2.75, 3.05) is 18.5 Å². The van der Waals surface area contributed by atoms with Crippen LogP contribution < -0.4 is 10.6 Å². The van der Waals surface area contributed by atoms with Crippen LogP contribution in [0.15, 0.2) is 18.3 Å². The lowest BCUT2D eigenvalue weighted by molar-refractivity contribution is 0.700. The first kappa shape index (κ1) is 14.0. The van der Waals surface area contributed by atoms with Gasteiger partial charge in [-0.05, 0) is 31.4 Å². The fourth-order valence-corrected chi connectivity index (χ4v) is 1.85. The second-order valence-electron chi connectivity index (χ2n) is 4.83. The van der Waals surface area contributed by atoms with Crippen molar-refractivity contribution >= 4 is 5.82 Å². The van der Waals surface area contributed by atoms with E-state index in [2.05, 4.69) is 36.0 Å². The van der Waals surface area contributed by atoms with Crippen LogP contribution in [0.1, 0.15) is 38.7 Å². The summed E-state index contributed by atoms with van der Waals surface area (Å²) in [6.07, 6.45) is 6.61. The molecule has 0 saturated heterocycles. The van der Waals surface area contributed by atoms with Gasteiger partial charge in [0.05, 0.1) is 0 Å². The van der Waals surface area contributed by atoms with Crippen LogP contribution in [-0.2, 0) is 6.42 Å². The fourth-order valence-electron chi connectivity index (χ4n) is 1.85. The minimum absolute atomic E-state index is 0.199. The van der Waals surface area contributed by atoms with E-state index in [0.717, 1.165) is 18.8 Å². The molecule has 2 N–H and O–H groups in total. The Morgan fingerprint density at radius 3 is 2.65 bits per heavy atom. The maximum Gasteiger partial charge on any atom is 0.128 e. The van der Waals surface area contributed by atoms with Gasteiger partial charge in [0.15, 0.2) is 0 Å². The van der Waals surface area contributed by atoms with Gasteiger partial charge in [-0.3, -0.25) is 0 Å². The standard InChI is InChI=1S/C14H25N3/c1-4-5-6-9-17(3)14-8-7-13(11-16-14)10-12(2)15/h7-8,11-12H,4-6,9-10,15H2,1-3H3. The Morgan fingerprint density at radius 1 is 1.35 bits per heavy atom. The molecule has 0 aliphatic heterocycles. The smallest absolute Gasteiger partial charge is 0.128 e. The fraction of sp³-hybridized carbons (Fsp3) is 0.643. The maximum absolute atomic E-state index is 5.77. The molecule has 0 saturated carbocycles. The second-order valence-corrected chi connectivity index (χ2v) is 4.83. The first-order chi connectivity index (χ1) is 8.13. The number of rotatable bonds is 7. The van der Waals surface area contributed by atoms with Gasteiger partial charge in [0, 0.05) is 25.8 Å². The van der Waals surface area contributed by atoms with Gasteiger partial charge in [-0.1, -0.05) is 25.8 Å². The van der Waals surface area contributed by atoms with Crippen molar-refractivity contribution in [2.45, 2.75) is 45.6 Å². The molecule has 3 nitrogen and oxygen atoms in total. The van der Waals surface area contributed by atoms with Crippen LogP contribution in [-0.4, -0.2) is 24.6 Å². The Kier molecular flexibility index (Phi) is 5.98. The molecule has 0 spiro atoms. The van der Waals surface area contributed by atoms with Crippen LogP contribution in [0.2, 0.25) is 0 Å². The number of aromatic nitrogens is 1. The lowest BCUT2D eigenvalue weighted by Gasteiger charge is -2.18. The highest BCUT2D eigenvalue weighted by atomic mass is 15.2. The normalized spacial score (nSPS) is 12.5. The van der Waals surface area contributed by atoms with Gasteiger partial charge in [0.2, 0.25) is 0 Å². The molecule has 1 aromatic rings. The topological polar surface area (TPSA) is 42.1 Å². The second kappa shape index (κ2) is 7.28. The minimum atomic E-state index is 0.199. The number of anilines is 1. The summed E-state index contributed by atoms with van der Waals surface area (Å²) in [4.78, 5) is 6.69. The van der Waals surface area contributed by atoms with Crippen LogP contribution in [0.5, 0.6) is 0 Å². The molecule has 0 aromatic carbocycles. The van der Waals surface area contributed by atoms with Gasteiger partial charge in [0.1, 0.15) is 5.82 Å². The van der Waals surface area contributed by atoms with Crippen LogP contribution in [0.25, 0.3) is 0 Å². The van der Waals surface area contributed by atoms with Crippen LogP contribution in [0, 0.1) is 0 Å². The summed E-state index contributed by atoms with van der Waals surface area (Å²) in [5.74, 6) is 1.05. The molecule has 0 radical (unpaired) electrons. The third kappa shape index (κ3) is 5.18. The molecule has 0 bridgehead atoms. The average molecular weight is 235 g/mol. The molecule has 0 aliphatic rings. The monoisotopic (exact) mass is 235 g/mol. The quantitative estimate of drug-likeness (QED) is 0.739. The molecular weight excluding hydrogens is 210 g/mol. The minimum Gasteiger partial charge on any atom is -0.360 e. The molecule has 1 unspecified atom stereocenters. The van der Waals surface area contributed by atoms with E-state index in [1.54, 1.807) is 0 Å². The predicted octanol–water partition coefficient (Wildman–Crippen LogP) is 2.60. The molecule has 1 rings (SSSR count). The van der Waals surface area contributed by atoms with Crippen molar-refractivity contribution in [3.8, 4) is 0 Å². The molecule has 1 aromatic heterocycles. The Morgan fingerprint density at radius 2 is 2.12 bits per heavy atom. The molecule has 96 valence electrons. The summed E-state index contributed by atoms with van der Waals surface area (Å²) in [7, 11) is 2.10. The first-order valence-corrected chi connectivity index (χ1v) is 6.55. The van der Waals surface area contributed by atoms with Gasteiger partial charge >= 0.3 is 0 Å². The van der Waals surface area contributed by atoms with Crippen molar-refractivity contribution in [3.05, 3.63) is 23.9 Å². The molecule has 0 aliphatic carbocycles. The zero-order chi connectivity index (χ0) is 12.7. The van der Waals surface area contributed by atoms with E-state index in [4.69, 9.17) is 5.73 Å². The van der Waals surface area contributed by atoms with E-state index < -0.39 is 0 Å². The third-order valence-electron chi connectivity index (χ3n) is 2.85. The number of pyridine rings is 1. The summed E-state index contributed by atoms with van der Waals surface area (Å²) in [5, 5.41) is 0. The predicted molar refractivity (Wildman–Crippen MR) is 74.4 cm³/mol. The van der Waals surface area contributed by atoms with Crippen molar-refractivity contribution < 1.29 is 0 Å². The summed E-state index contributed by atoms with van der Waals surface area (Å²) in [5.41, 5.74) is 6.98. The lowest BCUT2D eigenvalue weighted by atomic mass is 10.1. The molecule has 17 heavy (non-hydrogen) atoms. The van der Waals surface area contributed by atoms with Gasteiger partial charge in [0.25, 0.3) is 0 Å². The van der Waals surface area contributed by atoms with Gasteiger partial charge in [-0.15, -0.1) is 0 Å². The Labute approximate surface area is 105 Å². The van der Waals surface area contributed by atoms with Gasteiger partial charge < -0.3 is 10.6 Å². The molecule has 0 amide bonds. The average Bonchev–Trinajstić information content (AvgIpc) is 2.29. The summed E-state index contributed by atoms with van der Waals surface area (Å²) < 4.78 is 0. The number of nitrogens with zero attached hydrogens (tertiary/aromatic N) is 2. The Balaban J connectivity index is 2.48. The number of unbranched alkanes of at least 4 members (excludes halogenated alkanes) is 2. The number of hydrogen-bond acceptors (Lipinski definition) is 3. The Hall–Kier alpha value is -1.09. The van der Waals surface area contributed by atoms with Crippen molar-refractivity contribution in [2.24, 2.45) is 5.73 Å². The number of hydrogen-bond donors (Lipinski definition) is 1. The van der Waals surface area contributed by atoms with E-state index >= 15 is 0 Å². The van der Waals surface area contributed by atoms with Gasteiger partial charge in [-0.2, -0.15) is 0 Å². The van der Waals surface area contributed by atoms with Crippen molar-refractivity contribution in [1.29, 1.82) is 0 Å². The number of nitrogens with two attached hydrogens (primary N) is 1. The zero-order valence-electron chi connectivity index (χ0n) is 11.3. The van der Waals surface area contributed by atoms with E-state index in [0.29, 0.717) is 0 Å². The molecule has 3 heteroatoms. The highest BCUT2D eigenvalue weighted by molar-refractivity contribution is 5.38. The van der Waals surface area contributed by atoms with E-state index in [1.807, 2.05) is 13.1 Å². The van der Waals surface area contributed by atoms with E-state index in [1.165, 1.54) is 24.8 Å². The van der Waals surface area contributed by atoms with Crippen LogP contribution in [0.4, 0.5) is 5.82 Å². The zero-order valence-corrected chi connectivity index (χ0v) is 11.3. The third-order valence-corrected chi connectivity index (χ3v) is 2.85. The summed E-state index contributed by atoms with van der Waals surface area (Å²) >= 11 is 0. The largest absolute Gasteiger partial charge is 0.360 e. The molecule has 1 atom stereocenters. The maximum atomic E-state index is 5.77. The SMILES string of the molecule is CCCCCN(C)c1ccc(CC(C)N)cn1. The highest BCUT2D eigenvalue weighted by Gasteiger charge is 2.03. The first-order valence-electron chi connectivity index (χ1n) is 6.55. The van der Waals surface area contributed by atoms with Crippen LogP contribution in [0.3, 0.4) is 0 Å². The summed E-state index contributed by atoms with van der Waals surface area (Å²) in [6, 6.07) is 4.41. The van der Waals surface area contributed by atoms with Crippen molar-refractivity contribution in [3.63, 3.8) is 0 Å². The highest BCUT2D eigenvalue weighted by Crippen LogP contribution is 2.11. The molecular formula is C14H25N3.